The van der Waals surface area contributed by atoms with Gasteiger partial charge in [-0.1, -0.05) is 0 Å². The fraction of sp³-hybridized carbons (Fsp3) is 0.625. The summed E-state index contributed by atoms with van der Waals surface area (Å²) in [5.74, 6) is 0.410. The van der Waals surface area contributed by atoms with Crippen LogP contribution in [0.3, 0.4) is 0 Å². The first-order valence-corrected chi connectivity index (χ1v) is 7.75. The second-order valence-corrected chi connectivity index (χ2v) is 5.82. The van der Waals surface area contributed by atoms with Gasteiger partial charge in [-0.15, -0.1) is 0 Å². The number of hydrogen-bond donors (Lipinski definition) is 1. The quantitative estimate of drug-likeness (QED) is 0.740. The molecule has 122 valence electrons. The van der Waals surface area contributed by atoms with Crippen LogP contribution < -0.4 is 5.32 Å². The lowest BCUT2D eigenvalue weighted by Crippen LogP contribution is -2.33. The topological polar surface area (TPSA) is 71.8 Å². The maximum absolute atomic E-state index is 12.1. The SMILES string of the molecule is CC(C)OCCCNC(=O)C1CC(=O)N(Cc2ccco2)C1. The van der Waals surface area contributed by atoms with Gasteiger partial charge in [0.15, 0.2) is 0 Å². The van der Waals surface area contributed by atoms with Gasteiger partial charge in [0.2, 0.25) is 11.8 Å². The van der Waals surface area contributed by atoms with E-state index in [1.807, 2.05) is 19.9 Å². The normalized spacial score (nSPS) is 18.2. The number of hydrogen-bond acceptors (Lipinski definition) is 4. The van der Waals surface area contributed by atoms with Crippen molar-refractivity contribution in [2.24, 2.45) is 5.92 Å². The van der Waals surface area contributed by atoms with Crippen LogP contribution >= 0.6 is 0 Å². The van der Waals surface area contributed by atoms with Crippen LogP contribution in [0.1, 0.15) is 32.4 Å². The Morgan fingerprint density at radius 1 is 1.55 bits per heavy atom. The minimum atomic E-state index is -0.270. The van der Waals surface area contributed by atoms with Crippen molar-refractivity contribution >= 4 is 11.8 Å². The molecule has 2 rings (SSSR count). The molecule has 6 heteroatoms. The van der Waals surface area contributed by atoms with Gasteiger partial charge in [-0.05, 0) is 32.4 Å². The highest BCUT2D eigenvalue weighted by molar-refractivity contribution is 5.89. The van der Waals surface area contributed by atoms with Crippen molar-refractivity contribution < 1.29 is 18.7 Å². The van der Waals surface area contributed by atoms with Gasteiger partial charge in [0, 0.05) is 26.1 Å². The number of amides is 2. The number of carbonyl (C=O) groups is 2. The van der Waals surface area contributed by atoms with Crippen molar-refractivity contribution in [2.45, 2.75) is 39.3 Å². The van der Waals surface area contributed by atoms with Crippen molar-refractivity contribution in [1.82, 2.24) is 10.2 Å². The van der Waals surface area contributed by atoms with Crippen LogP contribution in [0, 0.1) is 5.92 Å². The molecule has 6 nitrogen and oxygen atoms in total. The van der Waals surface area contributed by atoms with Gasteiger partial charge in [0.1, 0.15) is 5.76 Å². The number of carbonyl (C=O) groups excluding carboxylic acids is 2. The maximum Gasteiger partial charge on any atom is 0.225 e. The maximum atomic E-state index is 12.1. The Bertz CT molecular complexity index is 484. The van der Waals surface area contributed by atoms with E-state index in [0.717, 1.165) is 12.2 Å². The minimum Gasteiger partial charge on any atom is -0.467 e. The molecule has 1 saturated heterocycles. The monoisotopic (exact) mass is 308 g/mol. The van der Waals surface area contributed by atoms with Crippen LogP contribution in [0.4, 0.5) is 0 Å². The van der Waals surface area contributed by atoms with Crippen molar-refractivity contribution in [2.75, 3.05) is 19.7 Å². The molecular formula is C16H24N2O4. The van der Waals surface area contributed by atoms with Gasteiger partial charge in [0.05, 0.1) is 24.8 Å². The van der Waals surface area contributed by atoms with E-state index in [9.17, 15) is 9.59 Å². The molecule has 0 bridgehead atoms. The zero-order chi connectivity index (χ0) is 15.9. The average Bonchev–Trinajstić information content (AvgIpc) is 3.09. The molecule has 2 amide bonds. The summed E-state index contributed by atoms with van der Waals surface area (Å²) in [4.78, 5) is 25.7. The molecule has 1 N–H and O–H groups in total. The number of nitrogens with zero attached hydrogens (tertiary/aromatic N) is 1. The molecule has 0 aliphatic carbocycles. The van der Waals surface area contributed by atoms with Crippen LogP contribution in [0.5, 0.6) is 0 Å². The highest BCUT2D eigenvalue weighted by atomic mass is 16.5. The van der Waals surface area contributed by atoms with E-state index in [2.05, 4.69) is 5.32 Å². The fourth-order valence-electron chi connectivity index (χ4n) is 2.44. The lowest BCUT2D eigenvalue weighted by atomic mass is 10.1. The highest BCUT2D eigenvalue weighted by Crippen LogP contribution is 2.20. The minimum absolute atomic E-state index is 0.000286. The summed E-state index contributed by atoms with van der Waals surface area (Å²) in [6.07, 6.45) is 2.84. The van der Waals surface area contributed by atoms with Gasteiger partial charge < -0.3 is 19.4 Å². The van der Waals surface area contributed by atoms with E-state index in [1.54, 1.807) is 17.2 Å². The summed E-state index contributed by atoms with van der Waals surface area (Å²) in [5, 5.41) is 2.88. The molecular weight excluding hydrogens is 284 g/mol. The molecule has 2 heterocycles. The third kappa shape index (κ3) is 4.87. The molecule has 0 saturated carbocycles. The first-order chi connectivity index (χ1) is 10.6. The molecule has 1 aromatic rings. The predicted octanol–water partition coefficient (Wildman–Crippen LogP) is 1.56. The van der Waals surface area contributed by atoms with Crippen LogP contribution in [0.15, 0.2) is 22.8 Å². The van der Waals surface area contributed by atoms with E-state index in [-0.39, 0.29) is 30.3 Å². The Morgan fingerprint density at radius 2 is 2.36 bits per heavy atom. The molecule has 1 aliphatic heterocycles. The number of ether oxygens (including phenoxy) is 1. The molecule has 1 aromatic heterocycles. The van der Waals surface area contributed by atoms with E-state index in [1.165, 1.54) is 0 Å². The average molecular weight is 308 g/mol. The molecule has 0 spiro atoms. The first kappa shape index (κ1) is 16.5. The largest absolute Gasteiger partial charge is 0.467 e. The zero-order valence-corrected chi connectivity index (χ0v) is 13.2. The van der Waals surface area contributed by atoms with Gasteiger partial charge in [-0.2, -0.15) is 0 Å². The Morgan fingerprint density at radius 3 is 3.05 bits per heavy atom. The number of rotatable bonds is 8. The van der Waals surface area contributed by atoms with E-state index >= 15 is 0 Å². The summed E-state index contributed by atoms with van der Waals surface area (Å²) in [7, 11) is 0. The molecule has 1 fully saturated rings. The first-order valence-electron chi connectivity index (χ1n) is 7.75. The number of nitrogens with one attached hydrogen (secondary N) is 1. The van der Waals surface area contributed by atoms with E-state index < -0.39 is 0 Å². The van der Waals surface area contributed by atoms with Gasteiger partial charge in [-0.3, -0.25) is 9.59 Å². The standard InChI is InChI=1S/C16H24N2O4/c1-12(2)21-8-4-6-17-16(20)13-9-15(19)18(10-13)11-14-5-3-7-22-14/h3,5,7,12-13H,4,6,8-11H2,1-2H3,(H,17,20). The highest BCUT2D eigenvalue weighted by Gasteiger charge is 2.34. The predicted molar refractivity (Wildman–Crippen MR) is 80.9 cm³/mol. The van der Waals surface area contributed by atoms with Crippen molar-refractivity contribution in [3.8, 4) is 0 Å². The third-order valence-electron chi connectivity index (χ3n) is 3.58. The lowest BCUT2D eigenvalue weighted by molar-refractivity contribution is -0.129. The fourth-order valence-corrected chi connectivity index (χ4v) is 2.44. The van der Waals surface area contributed by atoms with Gasteiger partial charge in [-0.25, -0.2) is 0 Å². The summed E-state index contributed by atoms with van der Waals surface area (Å²) in [6.45, 7) is 6.05. The second kappa shape index (κ2) is 7.98. The number of furan rings is 1. The Hall–Kier alpha value is -1.82. The van der Waals surface area contributed by atoms with E-state index in [4.69, 9.17) is 9.15 Å². The molecule has 0 aromatic carbocycles. The number of likely N-dealkylation sites (tertiary alicyclic amines) is 1. The zero-order valence-electron chi connectivity index (χ0n) is 13.2. The van der Waals surface area contributed by atoms with Crippen LogP contribution in [-0.2, 0) is 20.9 Å². The Balaban J connectivity index is 1.69. The molecule has 0 radical (unpaired) electrons. The third-order valence-corrected chi connectivity index (χ3v) is 3.58. The molecule has 22 heavy (non-hydrogen) atoms. The smallest absolute Gasteiger partial charge is 0.225 e. The summed E-state index contributed by atoms with van der Waals surface area (Å²) >= 11 is 0. The summed E-state index contributed by atoms with van der Waals surface area (Å²) in [6, 6.07) is 3.62. The van der Waals surface area contributed by atoms with Gasteiger partial charge in [0.25, 0.3) is 0 Å². The van der Waals surface area contributed by atoms with Crippen LogP contribution in [0.2, 0.25) is 0 Å². The lowest BCUT2D eigenvalue weighted by Gasteiger charge is -2.15. The van der Waals surface area contributed by atoms with Gasteiger partial charge >= 0.3 is 0 Å². The van der Waals surface area contributed by atoms with E-state index in [0.29, 0.717) is 26.2 Å². The van der Waals surface area contributed by atoms with Crippen molar-refractivity contribution in [1.29, 1.82) is 0 Å². The molecule has 1 unspecified atom stereocenters. The summed E-state index contributed by atoms with van der Waals surface area (Å²) in [5.41, 5.74) is 0. The molecule has 1 aliphatic rings. The summed E-state index contributed by atoms with van der Waals surface area (Å²) < 4.78 is 10.7. The van der Waals surface area contributed by atoms with Crippen molar-refractivity contribution in [3.63, 3.8) is 0 Å². The Kier molecular flexibility index (Phi) is 6.00. The van der Waals surface area contributed by atoms with Crippen LogP contribution in [-0.4, -0.2) is 42.5 Å². The van der Waals surface area contributed by atoms with Crippen molar-refractivity contribution in [3.05, 3.63) is 24.2 Å². The molecule has 1 atom stereocenters. The Labute approximate surface area is 130 Å². The van der Waals surface area contributed by atoms with Crippen LogP contribution in [0.25, 0.3) is 0 Å². The second-order valence-electron chi connectivity index (χ2n) is 5.82.